The van der Waals surface area contributed by atoms with Crippen LogP contribution >= 0.6 is 0 Å². The van der Waals surface area contributed by atoms with Crippen molar-refractivity contribution < 1.29 is 42.9 Å². The van der Waals surface area contributed by atoms with E-state index in [1.807, 2.05) is 0 Å². The van der Waals surface area contributed by atoms with E-state index >= 15 is 0 Å². The first-order valence-electron chi connectivity index (χ1n) is 11.3. The van der Waals surface area contributed by atoms with Gasteiger partial charge in [-0.25, -0.2) is 0 Å². The van der Waals surface area contributed by atoms with Gasteiger partial charge in [-0.1, -0.05) is 48.6 Å². The highest BCUT2D eigenvalue weighted by atomic mass is 16.6. The lowest BCUT2D eigenvalue weighted by Crippen LogP contribution is -2.55. The van der Waals surface area contributed by atoms with Gasteiger partial charge < -0.3 is 23.7 Å². The summed E-state index contributed by atoms with van der Waals surface area (Å²) in [6.07, 6.45) is 1.57. The number of carbonyl (C=O) groups excluding carboxylic acids is 4. The summed E-state index contributed by atoms with van der Waals surface area (Å²) in [6, 6.07) is 8.86. The number of ether oxygens (including phenoxy) is 5. The lowest BCUT2D eigenvalue weighted by Gasteiger charge is -2.36. The van der Waals surface area contributed by atoms with Crippen LogP contribution in [0.5, 0.6) is 0 Å². The summed E-state index contributed by atoms with van der Waals surface area (Å²) in [7, 11) is 2.27. The Hall–Kier alpha value is -3.46. The van der Waals surface area contributed by atoms with Crippen molar-refractivity contribution >= 4 is 23.9 Å². The summed E-state index contributed by atoms with van der Waals surface area (Å²) in [4.78, 5) is 52.5. The molecule has 0 spiro atoms. The molecule has 0 saturated heterocycles. The minimum absolute atomic E-state index is 0.0133. The van der Waals surface area contributed by atoms with Crippen LogP contribution in [0, 0.1) is 10.8 Å². The van der Waals surface area contributed by atoms with Gasteiger partial charge in [0.15, 0.2) is 10.8 Å². The third-order valence-corrected chi connectivity index (χ3v) is 5.90. The molecule has 0 aliphatic carbocycles. The molecule has 190 valence electrons. The highest BCUT2D eigenvalue weighted by Crippen LogP contribution is 2.43. The van der Waals surface area contributed by atoms with Gasteiger partial charge >= 0.3 is 23.9 Å². The lowest BCUT2D eigenvalue weighted by molar-refractivity contribution is -0.190. The van der Waals surface area contributed by atoms with E-state index in [0.29, 0.717) is 5.56 Å². The van der Waals surface area contributed by atoms with Gasteiger partial charge in [-0.2, -0.15) is 0 Å². The van der Waals surface area contributed by atoms with E-state index in [-0.39, 0.29) is 26.1 Å². The zero-order valence-corrected chi connectivity index (χ0v) is 20.5. The SMILES string of the molecule is C=CCC(C(=O)OC)(C(=O)OC)[C@@H]1C=C[C@H](C(Cc2ccccc2)(C(=O)OCC)C(=O)OCC)O1. The van der Waals surface area contributed by atoms with Crippen LogP contribution in [-0.2, 0) is 49.3 Å². The fourth-order valence-electron chi connectivity index (χ4n) is 4.20. The Labute approximate surface area is 205 Å². The van der Waals surface area contributed by atoms with Gasteiger partial charge in [-0.05, 0) is 25.8 Å². The van der Waals surface area contributed by atoms with Crippen molar-refractivity contribution in [3.8, 4) is 0 Å². The second-order valence-corrected chi connectivity index (χ2v) is 7.88. The average Bonchev–Trinajstić information content (AvgIpc) is 3.36. The van der Waals surface area contributed by atoms with E-state index in [9.17, 15) is 19.2 Å². The van der Waals surface area contributed by atoms with E-state index in [1.54, 1.807) is 44.2 Å². The second-order valence-electron chi connectivity index (χ2n) is 7.88. The fraction of sp³-hybridized carbons (Fsp3) is 0.462. The number of hydrogen-bond acceptors (Lipinski definition) is 9. The van der Waals surface area contributed by atoms with Gasteiger partial charge in [0.25, 0.3) is 0 Å². The lowest BCUT2D eigenvalue weighted by atomic mass is 9.76. The van der Waals surface area contributed by atoms with Crippen LogP contribution in [0.25, 0.3) is 0 Å². The molecule has 0 aromatic heterocycles. The van der Waals surface area contributed by atoms with Gasteiger partial charge in [-0.3, -0.25) is 19.2 Å². The highest BCUT2D eigenvalue weighted by Gasteiger charge is 2.61. The first kappa shape index (κ1) is 27.8. The number of rotatable bonds is 12. The van der Waals surface area contributed by atoms with Crippen LogP contribution in [0.2, 0.25) is 0 Å². The molecule has 35 heavy (non-hydrogen) atoms. The predicted molar refractivity (Wildman–Crippen MR) is 125 cm³/mol. The maximum atomic E-state index is 13.4. The van der Waals surface area contributed by atoms with Crippen LogP contribution in [0.1, 0.15) is 25.8 Å². The molecule has 0 fully saturated rings. The Balaban J connectivity index is 2.63. The predicted octanol–water partition coefficient (Wildman–Crippen LogP) is 2.57. The van der Waals surface area contributed by atoms with Crippen molar-refractivity contribution in [3.63, 3.8) is 0 Å². The molecule has 0 saturated carbocycles. The number of carbonyl (C=O) groups is 4. The molecule has 9 nitrogen and oxygen atoms in total. The zero-order valence-electron chi connectivity index (χ0n) is 20.5. The topological polar surface area (TPSA) is 114 Å². The molecule has 1 aliphatic heterocycles. The molecule has 0 unspecified atom stereocenters. The summed E-state index contributed by atoms with van der Waals surface area (Å²) >= 11 is 0. The number of allylic oxidation sites excluding steroid dienone is 1. The third-order valence-electron chi connectivity index (χ3n) is 5.90. The summed E-state index contributed by atoms with van der Waals surface area (Å²) in [5.74, 6) is -3.49. The molecule has 1 aromatic rings. The molecule has 0 amide bonds. The standard InChI is InChI=1S/C26H32O9/c1-6-16-25(21(27)31-4,22(28)32-5)19-14-15-20(35-19)26(23(29)33-7-2,24(30)34-8-3)17-18-12-10-9-11-13-18/h6,9-15,19-20H,1,7-8,16-17H2,2-5H3/t19-,20+/m0/s1. The Bertz CT molecular complexity index is 917. The molecule has 0 bridgehead atoms. The molecule has 0 N–H and O–H groups in total. The molecule has 1 heterocycles. The van der Waals surface area contributed by atoms with Crippen molar-refractivity contribution in [2.24, 2.45) is 10.8 Å². The second kappa shape index (κ2) is 12.3. The molecule has 2 rings (SSSR count). The van der Waals surface area contributed by atoms with E-state index in [0.717, 1.165) is 14.2 Å². The Morgan fingerprint density at radius 3 is 1.77 bits per heavy atom. The third kappa shape index (κ3) is 5.30. The Morgan fingerprint density at radius 2 is 1.34 bits per heavy atom. The molecule has 1 aliphatic rings. The normalized spacial score (nSPS) is 17.4. The minimum Gasteiger partial charge on any atom is -0.468 e. The largest absolute Gasteiger partial charge is 0.468 e. The zero-order chi connectivity index (χ0) is 26.1. The number of benzene rings is 1. The van der Waals surface area contributed by atoms with Crippen LogP contribution in [0.15, 0.2) is 55.1 Å². The molecule has 9 heteroatoms. The summed E-state index contributed by atoms with van der Waals surface area (Å²) in [5.41, 5.74) is -3.21. The molecule has 2 atom stereocenters. The van der Waals surface area contributed by atoms with Crippen molar-refractivity contribution in [2.75, 3.05) is 27.4 Å². The maximum absolute atomic E-state index is 13.4. The maximum Gasteiger partial charge on any atom is 0.326 e. The van der Waals surface area contributed by atoms with Crippen molar-refractivity contribution in [1.29, 1.82) is 0 Å². The van der Waals surface area contributed by atoms with Gasteiger partial charge in [-0.15, -0.1) is 6.58 Å². The summed E-state index contributed by atoms with van der Waals surface area (Å²) in [5, 5.41) is 0. The summed E-state index contributed by atoms with van der Waals surface area (Å²) in [6.45, 7) is 6.90. The van der Waals surface area contributed by atoms with Crippen molar-refractivity contribution in [1.82, 2.24) is 0 Å². The average molecular weight is 489 g/mol. The van der Waals surface area contributed by atoms with Crippen LogP contribution in [0.4, 0.5) is 0 Å². The number of hydrogen-bond donors (Lipinski definition) is 0. The van der Waals surface area contributed by atoms with Crippen LogP contribution in [0.3, 0.4) is 0 Å². The number of methoxy groups -OCH3 is 2. The van der Waals surface area contributed by atoms with Gasteiger partial charge in [0.2, 0.25) is 0 Å². The minimum atomic E-state index is -1.94. The van der Waals surface area contributed by atoms with E-state index in [4.69, 9.17) is 23.7 Å². The number of esters is 4. The molecular formula is C26H32O9. The van der Waals surface area contributed by atoms with E-state index in [2.05, 4.69) is 6.58 Å². The Morgan fingerprint density at radius 1 is 0.857 bits per heavy atom. The molecule has 0 radical (unpaired) electrons. The van der Waals surface area contributed by atoms with Gasteiger partial charge in [0.1, 0.15) is 12.2 Å². The van der Waals surface area contributed by atoms with Gasteiger partial charge in [0.05, 0.1) is 27.4 Å². The van der Waals surface area contributed by atoms with Crippen LogP contribution < -0.4 is 0 Å². The van der Waals surface area contributed by atoms with E-state index < -0.39 is 46.9 Å². The van der Waals surface area contributed by atoms with Crippen LogP contribution in [-0.4, -0.2) is 63.5 Å². The smallest absolute Gasteiger partial charge is 0.326 e. The first-order chi connectivity index (χ1) is 16.8. The highest BCUT2D eigenvalue weighted by molar-refractivity contribution is 6.03. The van der Waals surface area contributed by atoms with Gasteiger partial charge in [0, 0.05) is 6.42 Å². The fourth-order valence-corrected chi connectivity index (χ4v) is 4.20. The quantitative estimate of drug-likeness (QED) is 0.189. The van der Waals surface area contributed by atoms with Crippen molar-refractivity contribution in [2.45, 2.75) is 38.9 Å². The molecular weight excluding hydrogens is 456 g/mol. The summed E-state index contributed by atoms with van der Waals surface area (Å²) < 4.78 is 26.6. The Kier molecular flexibility index (Phi) is 9.77. The van der Waals surface area contributed by atoms with E-state index in [1.165, 1.54) is 18.2 Å². The monoisotopic (exact) mass is 488 g/mol. The van der Waals surface area contributed by atoms with Crippen molar-refractivity contribution in [3.05, 3.63) is 60.7 Å². The first-order valence-corrected chi connectivity index (χ1v) is 11.3. The molecule has 1 aromatic carbocycles.